The van der Waals surface area contributed by atoms with Gasteiger partial charge in [-0.15, -0.1) is 0 Å². The van der Waals surface area contributed by atoms with E-state index in [2.05, 4.69) is 25.8 Å². The first-order valence-electron chi connectivity index (χ1n) is 7.38. The van der Waals surface area contributed by atoms with Crippen molar-refractivity contribution in [1.82, 2.24) is 4.90 Å². The number of nitrogens with zero attached hydrogens (tertiary/aromatic N) is 1. The summed E-state index contributed by atoms with van der Waals surface area (Å²) < 4.78 is 0. The van der Waals surface area contributed by atoms with Crippen LogP contribution < -0.4 is 0 Å². The number of carboxylic acids is 1. The summed E-state index contributed by atoms with van der Waals surface area (Å²) in [5, 5.41) is 9.66. The Morgan fingerprint density at radius 1 is 1.44 bits per heavy atom. The van der Waals surface area contributed by atoms with Gasteiger partial charge in [0, 0.05) is 12.6 Å². The van der Waals surface area contributed by atoms with Crippen LogP contribution in [0.5, 0.6) is 0 Å². The van der Waals surface area contributed by atoms with E-state index in [0.29, 0.717) is 12.0 Å². The van der Waals surface area contributed by atoms with Gasteiger partial charge in [0.15, 0.2) is 0 Å². The lowest BCUT2D eigenvalue weighted by Crippen LogP contribution is -2.47. The molecule has 104 valence electrons. The highest BCUT2D eigenvalue weighted by atomic mass is 16.4. The van der Waals surface area contributed by atoms with Crippen LogP contribution in [0, 0.1) is 17.3 Å². The number of rotatable bonds is 5. The molecule has 2 aliphatic carbocycles. The summed E-state index contributed by atoms with van der Waals surface area (Å²) >= 11 is 0. The van der Waals surface area contributed by atoms with Crippen molar-refractivity contribution in [3.05, 3.63) is 0 Å². The predicted octanol–water partition coefficient (Wildman–Crippen LogP) is 3.00. The van der Waals surface area contributed by atoms with E-state index in [1.54, 1.807) is 0 Å². The number of aliphatic carboxylic acids is 1. The topological polar surface area (TPSA) is 40.5 Å². The van der Waals surface area contributed by atoms with E-state index in [1.807, 2.05) is 0 Å². The zero-order valence-corrected chi connectivity index (χ0v) is 12.0. The maximum absolute atomic E-state index is 11.7. The average Bonchev–Trinajstić information content (AvgIpc) is 3.11. The Hall–Kier alpha value is -0.570. The minimum Gasteiger partial charge on any atom is -0.481 e. The van der Waals surface area contributed by atoms with Crippen LogP contribution in [0.3, 0.4) is 0 Å². The molecule has 0 bridgehead atoms. The SMILES string of the molecule is CC1CCCC(CN(C)C(C)C2CC2)(C(=O)O)C1. The second kappa shape index (κ2) is 5.20. The second-order valence-electron chi connectivity index (χ2n) is 6.78. The minimum absolute atomic E-state index is 0.491. The summed E-state index contributed by atoms with van der Waals surface area (Å²) in [4.78, 5) is 14.0. The molecule has 2 saturated carbocycles. The van der Waals surface area contributed by atoms with E-state index in [4.69, 9.17) is 0 Å². The standard InChI is InChI=1S/C15H27NO2/c1-11-5-4-8-15(9-11,14(17)18)10-16(3)12(2)13-6-7-13/h11-13H,4-10H2,1-3H3,(H,17,18). The number of carbonyl (C=O) groups is 1. The molecule has 3 unspecified atom stereocenters. The van der Waals surface area contributed by atoms with Crippen molar-refractivity contribution in [3.63, 3.8) is 0 Å². The van der Waals surface area contributed by atoms with Crippen molar-refractivity contribution in [2.45, 2.75) is 58.4 Å². The first-order valence-corrected chi connectivity index (χ1v) is 7.38. The summed E-state index contributed by atoms with van der Waals surface area (Å²) in [7, 11) is 2.10. The third-order valence-electron chi connectivity index (χ3n) is 5.10. The van der Waals surface area contributed by atoms with Crippen LogP contribution in [0.4, 0.5) is 0 Å². The van der Waals surface area contributed by atoms with E-state index in [0.717, 1.165) is 31.7 Å². The van der Waals surface area contributed by atoms with E-state index in [9.17, 15) is 9.90 Å². The molecule has 3 heteroatoms. The summed E-state index contributed by atoms with van der Waals surface area (Å²) in [6.45, 7) is 5.17. The number of hydrogen-bond acceptors (Lipinski definition) is 2. The van der Waals surface area contributed by atoms with Crippen LogP contribution in [-0.4, -0.2) is 35.6 Å². The van der Waals surface area contributed by atoms with Crippen LogP contribution in [0.25, 0.3) is 0 Å². The zero-order chi connectivity index (χ0) is 13.3. The van der Waals surface area contributed by atoms with Gasteiger partial charge in [-0.1, -0.05) is 19.8 Å². The molecule has 2 aliphatic rings. The van der Waals surface area contributed by atoms with Crippen molar-refractivity contribution >= 4 is 5.97 Å². The first-order chi connectivity index (χ1) is 8.44. The van der Waals surface area contributed by atoms with Gasteiger partial charge < -0.3 is 10.0 Å². The predicted molar refractivity (Wildman–Crippen MR) is 72.5 cm³/mol. The summed E-state index contributed by atoms with van der Waals surface area (Å²) in [6, 6.07) is 0.540. The van der Waals surface area contributed by atoms with E-state index in [1.165, 1.54) is 19.3 Å². The quantitative estimate of drug-likeness (QED) is 0.819. The van der Waals surface area contributed by atoms with Crippen molar-refractivity contribution in [3.8, 4) is 0 Å². The Morgan fingerprint density at radius 2 is 2.11 bits per heavy atom. The first kappa shape index (κ1) is 13.9. The molecule has 3 atom stereocenters. The van der Waals surface area contributed by atoms with Gasteiger partial charge in [-0.25, -0.2) is 0 Å². The van der Waals surface area contributed by atoms with Crippen LogP contribution >= 0.6 is 0 Å². The van der Waals surface area contributed by atoms with Gasteiger partial charge in [-0.2, -0.15) is 0 Å². The molecule has 0 aromatic carbocycles. The largest absolute Gasteiger partial charge is 0.481 e. The summed E-state index contributed by atoms with van der Waals surface area (Å²) in [6.07, 6.45) is 6.61. The Kier molecular flexibility index (Phi) is 4.00. The molecule has 0 aromatic rings. The molecule has 0 aliphatic heterocycles. The highest BCUT2D eigenvalue weighted by molar-refractivity contribution is 5.75. The van der Waals surface area contributed by atoms with Gasteiger partial charge in [-0.05, 0) is 51.5 Å². The maximum atomic E-state index is 11.7. The molecule has 0 saturated heterocycles. The van der Waals surface area contributed by atoms with Crippen molar-refractivity contribution in [2.24, 2.45) is 17.3 Å². The van der Waals surface area contributed by atoms with E-state index < -0.39 is 11.4 Å². The normalized spacial score (nSPS) is 34.6. The Labute approximate surface area is 111 Å². The highest BCUT2D eigenvalue weighted by Gasteiger charge is 2.44. The molecule has 0 aromatic heterocycles. The van der Waals surface area contributed by atoms with Gasteiger partial charge in [0.25, 0.3) is 0 Å². The van der Waals surface area contributed by atoms with Gasteiger partial charge >= 0.3 is 5.97 Å². The molecular weight excluding hydrogens is 226 g/mol. The van der Waals surface area contributed by atoms with E-state index in [-0.39, 0.29) is 0 Å². The molecule has 0 radical (unpaired) electrons. The smallest absolute Gasteiger partial charge is 0.310 e. The average molecular weight is 253 g/mol. The Balaban J connectivity index is 2.02. The van der Waals surface area contributed by atoms with Crippen LogP contribution in [-0.2, 0) is 4.79 Å². The maximum Gasteiger partial charge on any atom is 0.310 e. The van der Waals surface area contributed by atoms with Gasteiger partial charge in [0.2, 0.25) is 0 Å². The molecule has 0 heterocycles. The summed E-state index contributed by atoms with van der Waals surface area (Å²) in [5.74, 6) is 0.783. The van der Waals surface area contributed by atoms with Gasteiger partial charge in [0.05, 0.1) is 5.41 Å². The fourth-order valence-electron chi connectivity index (χ4n) is 3.63. The lowest BCUT2D eigenvalue weighted by atomic mass is 9.69. The highest BCUT2D eigenvalue weighted by Crippen LogP contribution is 2.42. The lowest BCUT2D eigenvalue weighted by molar-refractivity contribution is -0.153. The lowest BCUT2D eigenvalue weighted by Gasteiger charge is -2.40. The van der Waals surface area contributed by atoms with Crippen LogP contribution in [0.2, 0.25) is 0 Å². The van der Waals surface area contributed by atoms with Crippen molar-refractivity contribution in [1.29, 1.82) is 0 Å². The van der Waals surface area contributed by atoms with Crippen LogP contribution in [0.15, 0.2) is 0 Å². The number of hydrogen-bond donors (Lipinski definition) is 1. The van der Waals surface area contributed by atoms with E-state index >= 15 is 0 Å². The van der Waals surface area contributed by atoms with Crippen molar-refractivity contribution < 1.29 is 9.90 Å². The van der Waals surface area contributed by atoms with Gasteiger partial charge in [0.1, 0.15) is 0 Å². The fourth-order valence-corrected chi connectivity index (χ4v) is 3.63. The van der Waals surface area contributed by atoms with Crippen LogP contribution in [0.1, 0.15) is 52.4 Å². The zero-order valence-electron chi connectivity index (χ0n) is 12.0. The monoisotopic (exact) mass is 253 g/mol. The molecule has 2 fully saturated rings. The third-order valence-corrected chi connectivity index (χ3v) is 5.10. The molecule has 0 amide bonds. The molecular formula is C15H27NO2. The van der Waals surface area contributed by atoms with Gasteiger partial charge in [-0.3, -0.25) is 4.79 Å². The fraction of sp³-hybridized carbons (Fsp3) is 0.933. The molecule has 1 N–H and O–H groups in total. The molecule has 0 spiro atoms. The molecule has 18 heavy (non-hydrogen) atoms. The Morgan fingerprint density at radius 3 is 2.61 bits per heavy atom. The Bertz CT molecular complexity index is 314. The minimum atomic E-state index is -0.580. The number of carboxylic acid groups (broad SMARTS) is 1. The molecule has 2 rings (SSSR count). The molecule has 3 nitrogen and oxygen atoms in total. The summed E-state index contributed by atoms with van der Waals surface area (Å²) in [5.41, 5.74) is -0.491. The second-order valence-corrected chi connectivity index (χ2v) is 6.78. The van der Waals surface area contributed by atoms with Crippen molar-refractivity contribution in [2.75, 3.05) is 13.6 Å². The third kappa shape index (κ3) is 2.87.